The molecule has 148 valence electrons. The fourth-order valence-electron chi connectivity index (χ4n) is 3.40. The van der Waals surface area contributed by atoms with Crippen LogP contribution in [0.5, 0.6) is 0 Å². The first-order chi connectivity index (χ1) is 14.3. The highest BCUT2D eigenvalue weighted by Crippen LogP contribution is 2.22. The maximum absolute atomic E-state index is 12.5. The van der Waals surface area contributed by atoms with Gasteiger partial charge in [-0.25, -0.2) is 9.97 Å². The van der Waals surface area contributed by atoms with Gasteiger partial charge in [-0.15, -0.1) is 11.8 Å². The van der Waals surface area contributed by atoms with Crippen molar-refractivity contribution in [2.75, 3.05) is 36.8 Å². The summed E-state index contributed by atoms with van der Waals surface area (Å²) in [5.41, 5.74) is 2.01. The third-order valence-electron chi connectivity index (χ3n) is 5.01. The number of amides is 1. The van der Waals surface area contributed by atoms with E-state index in [2.05, 4.69) is 39.1 Å². The lowest BCUT2D eigenvalue weighted by Crippen LogP contribution is -2.49. The number of nitrogens with zero attached hydrogens (tertiary/aromatic N) is 4. The summed E-state index contributed by atoms with van der Waals surface area (Å²) in [6, 6.07) is 22.4. The van der Waals surface area contributed by atoms with Crippen LogP contribution in [0.3, 0.4) is 0 Å². The second kappa shape index (κ2) is 9.56. The van der Waals surface area contributed by atoms with Crippen LogP contribution >= 0.6 is 11.8 Å². The second-order valence-electron chi connectivity index (χ2n) is 6.91. The minimum absolute atomic E-state index is 0.237. The first kappa shape index (κ1) is 19.5. The van der Waals surface area contributed by atoms with E-state index in [1.165, 1.54) is 4.90 Å². The topological polar surface area (TPSA) is 49.3 Å². The smallest absolute Gasteiger partial charge is 0.223 e. The van der Waals surface area contributed by atoms with Crippen molar-refractivity contribution in [2.45, 2.75) is 11.3 Å². The van der Waals surface area contributed by atoms with Gasteiger partial charge in [0.1, 0.15) is 12.1 Å². The van der Waals surface area contributed by atoms with Crippen molar-refractivity contribution in [2.24, 2.45) is 0 Å². The van der Waals surface area contributed by atoms with Crippen molar-refractivity contribution >= 4 is 23.5 Å². The van der Waals surface area contributed by atoms with Crippen molar-refractivity contribution in [1.29, 1.82) is 0 Å². The number of aromatic nitrogens is 2. The van der Waals surface area contributed by atoms with Gasteiger partial charge in [-0.3, -0.25) is 4.79 Å². The molecule has 29 heavy (non-hydrogen) atoms. The number of hydrogen-bond acceptors (Lipinski definition) is 5. The zero-order valence-corrected chi connectivity index (χ0v) is 17.1. The van der Waals surface area contributed by atoms with Crippen molar-refractivity contribution in [3.63, 3.8) is 0 Å². The summed E-state index contributed by atoms with van der Waals surface area (Å²) >= 11 is 1.73. The minimum atomic E-state index is 0.237. The second-order valence-corrected chi connectivity index (χ2v) is 8.08. The lowest BCUT2D eigenvalue weighted by Gasteiger charge is -2.35. The molecule has 6 heteroatoms. The van der Waals surface area contributed by atoms with Crippen LogP contribution in [0.15, 0.2) is 78.0 Å². The Kier molecular flexibility index (Phi) is 6.42. The van der Waals surface area contributed by atoms with Gasteiger partial charge in [-0.1, -0.05) is 48.5 Å². The van der Waals surface area contributed by atoms with Crippen molar-refractivity contribution in [3.05, 3.63) is 73.1 Å². The van der Waals surface area contributed by atoms with Crippen LogP contribution in [-0.2, 0) is 4.79 Å². The fourth-order valence-corrected chi connectivity index (χ4v) is 4.26. The van der Waals surface area contributed by atoms with Crippen LogP contribution in [0.2, 0.25) is 0 Å². The Morgan fingerprint density at radius 1 is 0.897 bits per heavy atom. The first-order valence-corrected chi connectivity index (χ1v) is 10.9. The molecule has 5 nitrogen and oxygen atoms in total. The summed E-state index contributed by atoms with van der Waals surface area (Å²) in [5, 5.41) is 0. The number of anilines is 1. The van der Waals surface area contributed by atoms with E-state index >= 15 is 0 Å². The number of thioether (sulfide) groups is 1. The Bertz CT molecular complexity index is 928. The number of hydrogen-bond donors (Lipinski definition) is 0. The van der Waals surface area contributed by atoms with Crippen LogP contribution in [0.25, 0.3) is 11.3 Å². The van der Waals surface area contributed by atoms with Gasteiger partial charge in [0.2, 0.25) is 5.91 Å². The molecule has 0 spiro atoms. The van der Waals surface area contributed by atoms with Gasteiger partial charge >= 0.3 is 0 Å². The normalized spacial score (nSPS) is 14.1. The molecule has 1 amide bonds. The SMILES string of the molecule is O=C(CCSc1ccccc1)N1CCN(c2cc(-c3ccccc3)ncn2)CC1. The zero-order valence-electron chi connectivity index (χ0n) is 16.3. The molecule has 3 aromatic rings. The molecule has 1 fully saturated rings. The van der Waals surface area contributed by atoms with E-state index in [-0.39, 0.29) is 5.91 Å². The molecule has 1 aliphatic heterocycles. The van der Waals surface area contributed by atoms with Gasteiger partial charge in [0, 0.05) is 54.9 Å². The predicted molar refractivity (Wildman–Crippen MR) is 118 cm³/mol. The van der Waals surface area contributed by atoms with Crippen LogP contribution in [-0.4, -0.2) is 52.7 Å². The number of carbonyl (C=O) groups excluding carboxylic acids is 1. The predicted octanol–water partition coefficient (Wildman–Crippen LogP) is 3.97. The molecule has 2 aromatic carbocycles. The highest BCUT2D eigenvalue weighted by Gasteiger charge is 2.22. The summed E-state index contributed by atoms with van der Waals surface area (Å²) in [5.74, 6) is 1.97. The molecular weight excluding hydrogens is 380 g/mol. The van der Waals surface area contributed by atoms with Crippen LogP contribution in [0, 0.1) is 0 Å². The van der Waals surface area contributed by atoms with E-state index in [0.29, 0.717) is 6.42 Å². The number of benzene rings is 2. The van der Waals surface area contributed by atoms with E-state index in [1.54, 1.807) is 18.1 Å². The number of piperazine rings is 1. The summed E-state index contributed by atoms with van der Waals surface area (Å²) in [6.07, 6.45) is 2.20. The van der Waals surface area contributed by atoms with Crippen LogP contribution in [0.1, 0.15) is 6.42 Å². The zero-order chi connectivity index (χ0) is 19.9. The van der Waals surface area contributed by atoms with E-state index in [9.17, 15) is 4.79 Å². The van der Waals surface area contributed by atoms with Gasteiger partial charge in [0.15, 0.2) is 0 Å². The summed E-state index contributed by atoms with van der Waals surface area (Å²) < 4.78 is 0. The largest absolute Gasteiger partial charge is 0.353 e. The van der Waals surface area contributed by atoms with E-state index in [4.69, 9.17) is 0 Å². The Labute approximate surface area is 175 Å². The molecule has 1 aromatic heterocycles. The maximum Gasteiger partial charge on any atom is 0.223 e. The Balaban J connectivity index is 1.28. The Hall–Kier alpha value is -2.86. The quantitative estimate of drug-likeness (QED) is 0.582. The van der Waals surface area contributed by atoms with Gasteiger partial charge in [-0.05, 0) is 12.1 Å². The fraction of sp³-hybridized carbons (Fsp3) is 0.261. The van der Waals surface area contributed by atoms with E-state index < -0.39 is 0 Å². The molecular formula is C23H24N4OS. The van der Waals surface area contributed by atoms with Gasteiger partial charge in [0.25, 0.3) is 0 Å². The van der Waals surface area contributed by atoms with Gasteiger partial charge < -0.3 is 9.80 Å². The summed E-state index contributed by atoms with van der Waals surface area (Å²) in [4.78, 5) is 26.8. The molecule has 0 aliphatic carbocycles. The van der Waals surface area contributed by atoms with E-state index in [1.807, 2.05) is 47.4 Å². The maximum atomic E-state index is 12.5. The first-order valence-electron chi connectivity index (χ1n) is 9.87. The average molecular weight is 405 g/mol. The van der Waals surface area contributed by atoms with Crippen LogP contribution < -0.4 is 4.90 Å². The lowest BCUT2D eigenvalue weighted by molar-refractivity contribution is -0.131. The average Bonchev–Trinajstić information content (AvgIpc) is 2.80. The molecule has 2 heterocycles. The lowest BCUT2D eigenvalue weighted by atomic mass is 10.1. The molecule has 4 rings (SSSR count). The molecule has 0 unspecified atom stereocenters. The number of carbonyl (C=O) groups is 1. The van der Waals surface area contributed by atoms with E-state index in [0.717, 1.165) is 49.0 Å². The van der Waals surface area contributed by atoms with Gasteiger partial charge in [0.05, 0.1) is 5.69 Å². The molecule has 0 bridgehead atoms. The van der Waals surface area contributed by atoms with Crippen molar-refractivity contribution in [1.82, 2.24) is 14.9 Å². The molecule has 0 radical (unpaired) electrons. The molecule has 0 atom stereocenters. The minimum Gasteiger partial charge on any atom is -0.353 e. The summed E-state index contributed by atoms with van der Waals surface area (Å²) in [6.45, 7) is 3.06. The molecule has 0 saturated carbocycles. The van der Waals surface area contributed by atoms with Crippen molar-refractivity contribution in [3.8, 4) is 11.3 Å². The summed E-state index contributed by atoms with van der Waals surface area (Å²) in [7, 11) is 0. The Morgan fingerprint density at radius 3 is 2.31 bits per heavy atom. The van der Waals surface area contributed by atoms with Crippen molar-refractivity contribution < 1.29 is 4.79 Å². The monoisotopic (exact) mass is 404 g/mol. The number of rotatable bonds is 6. The third-order valence-corrected chi connectivity index (χ3v) is 6.02. The standard InChI is InChI=1S/C23H24N4OS/c28-23(11-16-29-20-9-5-2-6-10-20)27-14-12-26(13-15-27)22-17-21(24-18-25-22)19-7-3-1-4-8-19/h1-10,17-18H,11-16H2. The van der Waals surface area contributed by atoms with Gasteiger partial charge in [-0.2, -0.15) is 0 Å². The van der Waals surface area contributed by atoms with Crippen LogP contribution in [0.4, 0.5) is 5.82 Å². The highest BCUT2D eigenvalue weighted by atomic mass is 32.2. The highest BCUT2D eigenvalue weighted by molar-refractivity contribution is 7.99. The molecule has 0 N–H and O–H groups in total. The third kappa shape index (κ3) is 5.15. The molecule has 1 aliphatic rings. The Morgan fingerprint density at radius 2 is 1.59 bits per heavy atom. The molecule has 1 saturated heterocycles.